The van der Waals surface area contributed by atoms with Crippen LogP contribution in [0, 0.1) is 0 Å². The number of nitrogens with two attached hydrogens (primary N) is 1. The molecule has 7 nitrogen and oxygen atoms in total. The highest BCUT2D eigenvalue weighted by Crippen LogP contribution is 2.38. The average molecular weight is 372 g/mol. The molecule has 4 rings (SSSR count). The van der Waals surface area contributed by atoms with E-state index in [0.29, 0.717) is 35.5 Å². The molecule has 4 N–H and O–H groups in total. The van der Waals surface area contributed by atoms with Crippen LogP contribution in [-0.2, 0) is 0 Å². The molecular formula is C18H18F2N6O. The van der Waals surface area contributed by atoms with Gasteiger partial charge in [0.25, 0.3) is 5.92 Å². The number of hydrogen-bond donors (Lipinski definition) is 3. The zero-order valence-electron chi connectivity index (χ0n) is 14.3. The number of nitrogens with one attached hydrogen (secondary N) is 1. The van der Waals surface area contributed by atoms with Crippen molar-refractivity contribution in [1.29, 1.82) is 0 Å². The lowest BCUT2D eigenvalue weighted by Crippen LogP contribution is -2.44. The van der Waals surface area contributed by atoms with E-state index in [-0.39, 0.29) is 18.1 Å². The number of phenols is 1. The number of piperidine rings is 1. The van der Waals surface area contributed by atoms with Crippen molar-refractivity contribution in [3.05, 3.63) is 48.3 Å². The van der Waals surface area contributed by atoms with E-state index in [9.17, 15) is 13.9 Å². The summed E-state index contributed by atoms with van der Waals surface area (Å²) in [4.78, 5) is 0. The second-order valence-electron chi connectivity index (χ2n) is 6.51. The first-order valence-electron chi connectivity index (χ1n) is 8.51. The molecule has 0 saturated carbocycles. The average Bonchev–Trinajstić information content (AvgIpc) is 3.12. The fourth-order valence-corrected chi connectivity index (χ4v) is 3.29. The van der Waals surface area contributed by atoms with Crippen LogP contribution in [0.2, 0.25) is 0 Å². The summed E-state index contributed by atoms with van der Waals surface area (Å²) in [5.41, 5.74) is 7.67. The smallest absolute Gasteiger partial charge is 0.267 e. The maximum absolute atomic E-state index is 14.2. The van der Waals surface area contributed by atoms with E-state index in [4.69, 9.17) is 5.73 Å². The van der Waals surface area contributed by atoms with Crippen molar-refractivity contribution in [2.75, 3.05) is 18.8 Å². The molecule has 2 aromatic heterocycles. The monoisotopic (exact) mass is 372 g/mol. The molecule has 27 heavy (non-hydrogen) atoms. The third-order valence-electron chi connectivity index (χ3n) is 4.71. The Labute approximate surface area is 153 Å². The molecule has 1 atom stereocenters. The second kappa shape index (κ2) is 6.58. The van der Waals surface area contributed by atoms with E-state index in [2.05, 4.69) is 20.6 Å². The van der Waals surface area contributed by atoms with Crippen molar-refractivity contribution in [2.24, 2.45) is 0 Å². The Bertz CT molecular complexity index is 974. The van der Waals surface area contributed by atoms with E-state index in [1.165, 1.54) is 16.9 Å². The predicted molar refractivity (Wildman–Crippen MR) is 95.8 cm³/mol. The number of para-hydroxylation sites is 1. The fourth-order valence-electron chi connectivity index (χ4n) is 3.29. The molecule has 1 aliphatic rings. The van der Waals surface area contributed by atoms with Crippen LogP contribution in [0.3, 0.4) is 0 Å². The lowest BCUT2D eigenvalue weighted by atomic mass is 9.89. The van der Waals surface area contributed by atoms with E-state index < -0.39 is 11.8 Å². The van der Waals surface area contributed by atoms with Gasteiger partial charge in [-0.3, -0.25) is 0 Å². The molecule has 1 aliphatic heterocycles. The standard InChI is InChI=1S/C18H18F2N6O/c19-18(20)10-22-6-5-13(18)11-8-23-26(9-11)15-7-14(24-25-17(15)21)12-3-1-2-4-16(12)27/h1-4,7-9,13,22,27H,5-6,10H2,(H2,21,25)/t13-/m1/s1. The number of halogens is 2. The van der Waals surface area contributed by atoms with Crippen LogP contribution in [0.4, 0.5) is 14.6 Å². The number of nitrogen functional groups attached to an aromatic ring is 1. The lowest BCUT2D eigenvalue weighted by molar-refractivity contribution is -0.0420. The summed E-state index contributed by atoms with van der Waals surface area (Å²) in [7, 11) is 0. The molecule has 1 aromatic carbocycles. The first kappa shape index (κ1) is 17.3. The molecule has 140 valence electrons. The van der Waals surface area contributed by atoms with Crippen LogP contribution in [-0.4, -0.2) is 44.1 Å². The van der Waals surface area contributed by atoms with Gasteiger partial charge in [-0.25, -0.2) is 13.5 Å². The van der Waals surface area contributed by atoms with Gasteiger partial charge in [0.15, 0.2) is 5.82 Å². The molecule has 1 saturated heterocycles. The van der Waals surface area contributed by atoms with Crippen molar-refractivity contribution in [3.63, 3.8) is 0 Å². The number of anilines is 1. The summed E-state index contributed by atoms with van der Waals surface area (Å²) in [6, 6.07) is 8.32. The Morgan fingerprint density at radius 2 is 2.07 bits per heavy atom. The van der Waals surface area contributed by atoms with Crippen molar-refractivity contribution in [1.82, 2.24) is 25.3 Å². The number of hydrogen-bond acceptors (Lipinski definition) is 6. The van der Waals surface area contributed by atoms with E-state index in [0.717, 1.165) is 0 Å². The molecule has 3 aromatic rings. The number of nitrogens with zero attached hydrogens (tertiary/aromatic N) is 4. The number of alkyl halides is 2. The minimum Gasteiger partial charge on any atom is -0.507 e. The van der Waals surface area contributed by atoms with Crippen LogP contribution in [0.15, 0.2) is 42.7 Å². The van der Waals surface area contributed by atoms with Gasteiger partial charge in [0.05, 0.1) is 24.4 Å². The molecule has 0 spiro atoms. The highest BCUT2D eigenvalue weighted by molar-refractivity contribution is 5.70. The normalized spacial score (nSPS) is 19.1. The molecule has 0 amide bonds. The van der Waals surface area contributed by atoms with Gasteiger partial charge in [-0.05, 0) is 36.7 Å². The van der Waals surface area contributed by atoms with Gasteiger partial charge in [-0.15, -0.1) is 10.2 Å². The number of phenolic OH excluding ortho intramolecular Hbond substituents is 1. The Hall–Kier alpha value is -3.07. The van der Waals surface area contributed by atoms with Gasteiger partial charge >= 0.3 is 0 Å². The summed E-state index contributed by atoms with van der Waals surface area (Å²) < 4.78 is 29.8. The first-order valence-corrected chi connectivity index (χ1v) is 8.51. The summed E-state index contributed by atoms with van der Waals surface area (Å²) >= 11 is 0. The molecule has 3 heterocycles. The van der Waals surface area contributed by atoms with Crippen LogP contribution in [0.25, 0.3) is 16.9 Å². The summed E-state index contributed by atoms with van der Waals surface area (Å²) in [5.74, 6) is -3.57. The Morgan fingerprint density at radius 1 is 1.26 bits per heavy atom. The number of aromatic hydroxyl groups is 1. The third kappa shape index (κ3) is 3.21. The molecule has 9 heteroatoms. The summed E-state index contributed by atoms with van der Waals surface area (Å²) in [6.07, 6.45) is 3.31. The summed E-state index contributed by atoms with van der Waals surface area (Å²) in [6.45, 7) is 0.182. The van der Waals surface area contributed by atoms with Crippen molar-refractivity contribution >= 4 is 5.82 Å². The first-order chi connectivity index (χ1) is 13.0. The number of benzene rings is 1. The quantitative estimate of drug-likeness (QED) is 0.652. The maximum Gasteiger partial charge on any atom is 0.267 e. The highest BCUT2D eigenvalue weighted by atomic mass is 19.3. The minimum absolute atomic E-state index is 0.0537. The van der Waals surface area contributed by atoms with Crippen LogP contribution in [0.1, 0.15) is 17.9 Å². The van der Waals surface area contributed by atoms with Crippen molar-refractivity contribution < 1.29 is 13.9 Å². The molecule has 0 bridgehead atoms. The van der Waals surface area contributed by atoms with Crippen LogP contribution < -0.4 is 11.1 Å². The van der Waals surface area contributed by atoms with E-state index in [1.54, 1.807) is 30.5 Å². The largest absolute Gasteiger partial charge is 0.507 e. The molecule has 1 fully saturated rings. The minimum atomic E-state index is -2.84. The zero-order valence-corrected chi connectivity index (χ0v) is 14.3. The molecule has 0 unspecified atom stereocenters. The molecular weight excluding hydrogens is 354 g/mol. The molecule has 0 aliphatic carbocycles. The molecule has 0 radical (unpaired) electrons. The fraction of sp³-hybridized carbons (Fsp3) is 0.278. The van der Waals surface area contributed by atoms with Gasteiger partial charge in [-0.1, -0.05) is 12.1 Å². The Balaban J connectivity index is 1.71. The van der Waals surface area contributed by atoms with Crippen LogP contribution in [0.5, 0.6) is 5.75 Å². The van der Waals surface area contributed by atoms with Gasteiger partial charge < -0.3 is 16.2 Å². The Morgan fingerprint density at radius 3 is 2.85 bits per heavy atom. The topological polar surface area (TPSA) is 102 Å². The van der Waals surface area contributed by atoms with Crippen LogP contribution >= 0.6 is 0 Å². The van der Waals surface area contributed by atoms with Gasteiger partial charge in [0, 0.05) is 11.8 Å². The van der Waals surface area contributed by atoms with Gasteiger partial charge in [0.1, 0.15) is 11.4 Å². The lowest BCUT2D eigenvalue weighted by Gasteiger charge is -2.31. The number of rotatable bonds is 3. The van der Waals surface area contributed by atoms with Crippen molar-refractivity contribution in [2.45, 2.75) is 18.3 Å². The Kier molecular flexibility index (Phi) is 4.23. The van der Waals surface area contributed by atoms with E-state index in [1.807, 2.05) is 0 Å². The highest BCUT2D eigenvalue weighted by Gasteiger charge is 2.43. The second-order valence-corrected chi connectivity index (χ2v) is 6.51. The van der Waals surface area contributed by atoms with Crippen molar-refractivity contribution in [3.8, 4) is 22.7 Å². The predicted octanol–water partition coefficient (Wildman–Crippen LogP) is 2.33. The zero-order chi connectivity index (χ0) is 19.0. The maximum atomic E-state index is 14.2. The van der Waals surface area contributed by atoms with E-state index >= 15 is 0 Å². The SMILES string of the molecule is Nc1nnc(-c2ccccc2O)cc1-n1cc([C@H]2CCNCC2(F)F)cn1. The van der Waals surface area contributed by atoms with Gasteiger partial charge in [-0.2, -0.15) is 5.10 Å². The van der Waals surface area contributed by atoms with Gasteiger partial charge in [0.2, 0.25) is 0 Å². The number of aromatic nitrogens is 4. The summed E-state index contributed by atoms with van der Waals surface area (Å²) in [5, 5.41) is 24.9. The third-order valence-corrected chi connectivity index (χ3v) is 4.71.